The van der Waals surface area contributed by atoms with Crippen LogP contribution in [0.15, 0.2) is 84.1 Å². The molecule has 2 heterocycles. The molecule has 1 amide bonds. The van der Waals surface area contributed by atoms with Gasteiger partial charge in [0.25, 0.3) is 5.91 Å². The first-order valence-corrected chi connectivity index (χ1v) is 11.6. The predicted octanol–water partition coefficient (Wildman–Crippen LogP) is 4.84. The largest absolute Gasteiger partial charge is 0.495 e. The van der Waals surface area contributed by atoms with E-state index in [9.17, 15) is 4.79 Å². The number of nitrogens with zero attached hydrogens (tertiary/aromatic N) is 4. The van der Waals surface area contributed by atoms with Crippen LogP contribution in [0.25, 0.3) is 0 Å². The molecule has 2 N–H and O–H groups in total. The van der Waals surface area contributed by atoms with Crippen molar-refractivity contribution >= 4 is 29.1 Å². The third-order valence-corrected chi connectivity index (χ3v) is 6.06. The molecule has 10 heteroatoms. The number of para-hydroxylation sites is 2. The van der Waals surface area contributed by atoms with Crippen molar-refractivity contribution in [1.29, 1.82) is 0 Å². The molecule has 1 aliphatic rings. The Hall–Kier alpha value is -4.37. The number of allylic oxidation sites excluding steroid dienone is 1. The summed E-state index contributed by atoms with van der Waals surface area (Å²) in [5.74, 6) is 1.35. The summed E-state index contributed by atoms with van der Waals surface area (Å²) >= 11 is 5.98. The number of hydrogen-bond donors (Lipinski definition) is 2. The molecule has 1 unspecified atom stereocenters. The van der Waals surface area contributed by atoms with Crippen LogP contribution in [0.4, 0.5) is 11.6 Å². The van der Waals surface area contributed by atoms with Gasteiger partial charge in [0.05, 0.1) is 18.4 Å². The van der Waals surface area contributed by atoms with E-state index in [1.165, 1.54) is 0 Å². The van der Waals surface area contributed by atoms with Crippen LogP contribution in [0.2, 0.25) is 5.02 Å². The molecule has 0 bridgehead atoms. The molecular formula is C26H23ClN6O3. The number of ether oxygens (including phenoxy) is 2. The first-order chi connectivity index (χ1) is 17.5. The quantitative estimate of drug-likeness (QED) is 0.372. The molecule has 0 spiro atoms. The van der Waals surface area contributed by atoms with E-state index >= 15 is 0 Å². The third kappa shape index (κ3) is 4.73. The van der Waals surface area contributed by atoms with Crippen LogP contribution in [-0.4, -0.2) is 33.2 Å². The van der Waals surface area contributed by atoms with Gasteiger partial charge in [0.15, 0.2) is 0 Å². The van der Waals surface area contributed by atoms with Crippen molar-refractivity contribution in [2.24, 2.45) is 0 Å². The zero-order valence-electron chi connectivity index (χ0n) is 19.6. The summed E-state index contributed by atoms with van der Waals surface area (Å²) in [4.78, 5) is 13.6. The van der Waals surface area contributed by atoms with Gasteiger partial charge in [-0.3, -0.25) is 4.79 Å². The van der Waals surface area contributed by atoms with Gasteiger partial charge in [-0.1, -0.05) is 53.1 Å². The molecule has 182 valence electrons. The summed E-state index contributed by atoms with van der Waals surface area (Å²) in [5.41, 5.74) is 3.45. The number of aromatic nitrogens is 4. The lowest BCUT2D eigenvalue weighted by atomic mass is 9.94. The number of tetrazole rings is 1. The van der Waals surface area contributed by atoms with Crippen LogP contribution in [-0.2, 0) is 11.4 Å². The Morgan fingerprint density at radius 1 is 1.11 bits per heavy atom. The van der Waals surface area contributed by atoms with E-state index in [0.717, 1.165) is 11.1 Å². The maximum Gasteiger partial charge on any atom is 0.255 e. The van der Waals surface area contributed by atoms with Gasteiger partial charge in [-0.25, -0.2) is 0 Å². The van der Waals surface area contributed by atoms with Crippen molar-refractivity contribution in [3.05, 3.63) is 100 Å². The van der Waals surface area contributed by atoms with Crippen LogP contribution in [0.5, 0.6) is 11.5 Å². The van der Waals surface area contributed by atoms with Gasteiger partial charge in [0, 0.05) is 10.7 Å². The monoisotopic (exact) mass is 502 g/mol. The van der Waals surface area contributed by atoms with Gasteiger partial charge in [-0.2, -0.15) is 4.68 Å². The van der Waals surface area contributed by atoms with Crippen molar-refractivity contribution in [3.63, 3.8) is 0 Å². The average molecular weight is 503 g/mol. The van der Waals surface area contributed by atoms with Crippen molar-refractivity contribution in [1.82, 2.24) is 20.2 Å². The number of carbonyl (C=O) groups is 1. The number of carbonyl (C=O) groups excluding carboxylic acids is 1. The standard InChI is InChI=1S/C26H23ClN6O3/c1-16-23(25(34)29-21-8-3-4-9-22(21)35-2)24(33-26(28-16)30-31-32-33)18-6-5-7-20(14-18)36-15-17-10-12-19(27)13-11-17/h3-14,24H,15H2,1-2H3,(H,29,34)(H,28,30,32). The third-order valence-electron chi connectivity index (χ3n) is 5.81. The second kappa shape index (κ2) is 10.1. The molecule has 1 aromatic heterocycles. The molecule has 0 saturated heterocycles. The molecule has 0 saturated carbocycles. The van der Waals surface area contributed by atoms with Crippen molar-refractivity contribution in [2.75, 3.05) is 17.7 Å². The summed E-state index contributed by atoms with van der Waals surface area (Å²) in [6, 6.07) is 21.7. The molecule has 5 rings (SSSR count). The van der Waals surface area contributed by atoms with E-state index in [2.05, 4.69) is 26.2 Å². The highest BCUT2D eigenvalue weighted by atomic mass is 35.5. The Labute approximate surface area is 212 Å². The second-order valence-electron chi connectivity index (χ2n) is 8.16. The summed E-state index contributed by atoms with van der Waals surface area (Å²) in [6.07, 6.45) is 0. The topological polar surface area (TPSA) is 103 Å². The Morgan fingerprint density at radius 2 is 1.92 bits per heavy atom. The highest BCUT2D eigenvalue weighted by Crippen LogP contribution is 2.36. The number of nitrogens with one attached hydrogen (secondary N) is 2. The first-order valence-electron chi connectivity index (χ1n) is 11.2. The van der Waals surface area contributed by atoms with Gasteiger partial charge < -0.3 is 20.1 Å². The molecule has 0 radical (unpaired) electrons. The van der Waals surface area contributed by atoms with Gasteiger partial charge in [-0.15, -0.1) is 0 Å². The van der Waals surface area contributed by atoms with Gasteiger partial charge >= 0.3 is 0 Å². The number of halogens is 1. The molecule has 4 aromatic rings. The fraction of sp³-hybridized carbons (Fsp3) is 0.154. The number of fused-ring (bicyclic) bond motifs is 1. The molecule has 36 heavy (non-hydrogen) atoms. The fourth-order valence-electron chi connectivity index (χ4n) is 4.07. The minimum atomic E-state index is -0.579. The van der Waals surface area contributed by atoms with E-state index in [1.807, 2.05) is 67.6 Å². The summed E-state index contributed by atoms with van der Waals surface area (Å²) in [6.45, 7) is 2.20. The van der Waals surface area contributed by atoms with Crippen LogP contribution in [0.1, 0.15) is 24.1 Å². The van der Waals surface area contributed by atoms with E-state index in [4.69, 9.17) is 21.1 Å². The van der Waals surface area contributed by atoms with Crippen molar-refractivity contribution in [3.8, 4) is 11.5 Å². The minimum Gasteiger partial charge on any atom is -0.495 e. The number of anilines is 2. The highest BCUT2D eigenvalue weighted by molar-refractivity contribution is 6.30. The van der Waals surface area contributed by atoms with Crippen molar-refractivity contribution in [2.45, 2.75) is 19.6 Å². The number of benzene rings is 3. The van der Waals surface area contributed by atoms with Gasteiger partial charge in [0.2, 0.25) is 5.95 Å². The summed E-state index contributed by atoms with van der Waals surface area (Å²) in [5, 5.41) is 18.8. The van der Waals surface area contributed by atoms with E-state index in [-0.39, 0.29) is 5.91 Å². The Balaban J connectivity index is 1.46. The molecule has 1 atom stereocenters. The van der Waals surface area contributed by atoms with Crippen LogP contribution < -0.4 is 20.1 Å². The molecule has 0 fully saturated rings. The van der Waals surface area contributed by atoms with E-state index < -0.39 is 6.04 Å². The zero-order valence-corrected chi connectivity index (χ0v) is 20.4. The maximum atomic E-state index is 13.6. The predicted molar refractivity (Wildman–Crippen MR) is 136 cm³/mol. The SMILES string of the molecule is COc1ccccc1NC(=O)C1=C(C)Nc2nnnn2C1c1cccc(OCc2ccc(Cl)cc2)c1. The number of hydrogen-bond acceptors (Lipinski definition) is 7. The van der Waals surface area contributed by atoms with Gasteiger partial charge in [-0.05, 0) is 64.9 Å². The van der Waals surface area contributed by atoms with E-state index in [1.54, 1.807) is 23.9 Å². The Morgan fingerprint density at radius 3 is 2.72 bits per heavy atom. The summed E-state index contributed by atoms with van der Waals surface area (Å²) in [7, 11) is 1.56. The lowest BCUT2D eigenvalue weighted by molar-refractivity contribution is -0.113. The minimum absolute atomic E-state index is 0.303. The highest BCUT2D eigenvalue weighted by Gasteiger charge is 2.34. The maximum absolute atomic E-state index is 13.6. The lowest BCUT2D eigenvalue weighted by Crippen LogP contribution is -2.31. The Bertz CT molecular complexity index is 1430. The number of amides is 1. The molecule has 0 aliphatic carbocycles. The second-order valence-corrected chi connectivity index (χ2v) is 8.59. The van der Waals surface area contributed by atoms with E-state index in [0.29, 0.717) is 46.0 Å². The summed E-state index contributed by atoms with van der Waals surface area (Å²) < 4.78 is 13.0. The first kappa shape index (κ1) is 23.4. The average Bonchev–Trinajstić information content (AvgIpc) is 3.36. The van der Waals surface area contributed by atoms with Gasteiger partial charge in [0.1, 0.15) is 24.1 Å². The fourth-order valence-corrected chi connectivity index (χ4v) is 4.20. The number of rotatable bonds is 7. The Kier molecular flexibility index (Phi) is 6.55. The zero-order chi connectivity index (χ0) is 25.1. The number of methoxy groups -OCH3 is 1. The van der Waals surface area contributed by atoms with Crippen LogP contribution >= 0.6 is 11.6 Å². The van der Waals surface area contributed by atoms with Crippen LogP contribution in [0.3, 0.4) is 0 Å². The smallest absolute Gasteiger partial charge is 0.255 e. The molecule has 9 nitrogen and oxygen atoms in total. The molecule has 3 aromatic carbocycles. The van der Waals surface area contributed by atoms with Crippen molar-refractivity contribution < 1.29 is 14.3 Å². The van der Waals surface area contributed by atoms with Crippen LogP contribution in [0, 0.1) is 0 Å². The molecule has 1 aliphatic heterocycles. The normalized spacial score (nSPS) is 14.6. The molecular weight excluding hydrogens is 480 g/mol. The lowest BCUT2D eigenvalue weighted by Gasteiger charge is -2.28.